The van der Waals surface area contributed by atoms with Gasteiger partial charge in [0.25, 0.3) is 17.5 Å². The Bertz CT molecular complexity index is 998. The van der Waals surface area contributed by atoms with Gasteiger partial charge in [-0.15, -0.1) is 0 Å². The third kappa shape index (κ3) is 3.79. The molecule has 0 unspecified atom stereocenters. The predicted octanol–water partition coefficient (Wildman–Crippen LogP) is 2.46. The molecule has 0 saturated carbocycles. The molecule has 1 heterocycles. The maximum absolute atomic E-state index is 12.4. The van der Waals surface area contributed by atoms with Crippen LogP contribution >= 0.6 is 0 Å². The van der Waals surface area contributed by atoms with E-state index in [1.165, 1.54) is 13.2 Å². The fourth-order valence-corrected chi connectivity index (χ4v) is 3.09. The average molecular weight is 414 g/mol. The minimum Gasteiger partial charge on any atom is -0.493 e. The van der Waals surface area contributed by atoms with Gasteiger partial charge in [0.1, 0.15) is 5.56 Å². The molecule has 0 aromatic heterocycles. The van der Waals surface area contributed by atoms with Gasteiger partial charge in [-0.25, -0.2) is 4.79 Å². The van der Waals surface area contributed by atoms with Gasteiger partial charge in [-0.3, -0.25) is 24.6 Å². The lowest BCUT2D eigenvalue weighted by Gasteiger charge is -2.15. The number of amides is 2. The lowest BCUT2D eigenvalue weighted by Crippen LogP contribution is -2.31. The summed E-state index contributed by atoms with van der Waals surface area (Å²) in [5.41, 5.74) is -0.0259. The smallest absolute Gasteiger partial charge is 0.345 e. The first-order chi connectivity index (χ1) is 14.4. The zero-order valence-electron chi connectivity index (χ0n) is 16.2. The second-order valence-electron chi connectivity index (χ2n) is 6.28. The molecule has 2 amide bonds. The summed E-state index contributed by atoms with van der Waals surface area (Å²) in [5, 5.41) is 11.2. The van der Waals surface area contributed by atoms with Gasteiger partial charge >= 0.3 is 5.97 Å². The van der Waals surface area contributed by atoms with Crippen molar-refractivity contribution in [1.29, 1.82) is 0 Å². The molecule has 156 valence electrons. The van der Waals surface area contributed by atoms with Gasteiger partial charge in [-0.05, 0) is 18.6 Å². The van der Waals surface area contributed by atoms with Crippen molar-refractivity contribution in [1.82, 2.24) is 4.90 Å². The third-order valence-corrected chi connectivity index (χ3v) is 4.55. The third-order valence-electron chi connectivity index (χ3n) is 4.55. The minimum atomic E-state index is -0.889. The SMILES string of the molecule is COC(=O)c1cc(OCCCN2C(=O)c3ccccc3C2=O)c(OC)cc1[N+](=O)[O-]. The van der Waals surface area contributed by atoms with E-state index in [1.54, 1.807) is 24.3 Å². The van der Waals surface area contributed by atoms with Crippen molar-refractivity contribution in [2.24, 2.45) is 0 Å². The second kappa shape index (κ2) is 8.60. The molecule has 1 aliphatic heterocycles. The molecular weight excluding hydrogens is 396 g/mol. The number of benzene rings is 2. The van der Waals surface area contributed by atoms with Crippen molar-refractivity contribution in [3.8, 4) is 11.5 Å². The molecule has 10 heteroatoms. The molecule has 0 N–H and O–H groups in total. The van der Waals surface area contributed by atoms with Crippen molar-refractivity contribution in [2.45, 2.75) is 6.42 Å². The summed E-state index contributed by atoms with van der Waals surface area (Å²) >= 11 is 0. The van der Waals surface area contributed by atoms with Crippen LogP contribution in [0.3, 0.4) is 0 Å². The van der Waals surface area contributed by atoms with Crippen LogP contribution in [0.1, 0.15) is 37.5 Å². The topological polar surface area (TPSA) is 125 Å². The second-order valence-corrected chi connectivity index (χ2v) is 6.28. The maximum Gasteiger partial charge on any atom is 0.345 e. The van der Waals surface area contributed by atoms with Crippen LogP contribution in [0.15, 0.2) is 36.4 Å². The van der Waals surface area contributed by atoms with E-state index in [2.05, 4.69) is 4.74 Å². The molecule has 0 bridgehead atoms. The highest BCUT2D eigenvalue weighted by molar-refractivity contribution is 6.21. The molecule has 2 aromatic rings. The van der Waals surface area contributed by atoms with E-state index < -0.39 is 16.6 Å². The van der Waals surface area contributed by atoms with Crippen LogP contribution in [0.4, 0.5) is 5.69 Å². The summed E-state index contributed by atoms with van der Waals surface area (Å²) in [4.78, 5) is 48.2. The number of nitro benzene ring substituents is 1. The average Bonchev–Trinajstić information content (AvgIpc) is 3.00. The Morgan fingerprint density at radius 2 is 1.70 bits per heavy atom. The number of fused-ring (bicyclic) bond motifs is 1. The van der Waals surface area contributed by atoms with Crippen LogP contribution in [0.25, 0.3) is 0 Å². The molecule has 2 aromatic carbocycles. The monoisotopic (exact) mass is 414 g/mol. The molecule has 0 spiro atoms. The van der Waals surface area contributed by atoms with E-state index in [1.807, 2.05) is 0 Å². The maximum atomic E-state index is 12.4. The normalized spacial score (nSPS) is 12.5. The van der Waals surface area contributed by atoms with Crippen LogP contribution < -0.4 is 9.47 Å². The molecule has 0 radical (unpaired) electrons. The van der Waals surface area contributed by atoms with Gasteiger partial charge in [0.05, 0.1) is 42.9 Å². The summed E-state index contributed by atoms with van der Waals surface area (Å²) in [6, 6.07) is 8.83. The molecule has 3 rings (SSSR count). The predicted molar refractivity (Wildman–Crippen MR) is 103 cm³/mol. The lowest BCUT2D eigenvalue weighted by molar-refractivity contribution is -0.385. The Balaban J connectivity index is 1.69. The van der Waals surface area contributed by atoms with Crippen LogP contribution in [0.2, 0.25) is 0 Å². The van der Waals surface area contributed by atoms with E-state index in [4.69, 9.17) is 9.47 Å². The zero-order valence-corrected chi connectivity index (χ0v) is 16.2. The summed E-state index contributed by atoms with van der Waals surface area (Å²) in [6.07, 6.45) is 0.305. The van der Waals surface area contributed by atoms with E-state index in [0.717, 1.165) is 18.1 Å². The number of rotatable bonds is 8. The number of nitro groups is 1. The van der Waals surface area contributed by atoms with Gasteiger partial charge in [0.2, 0.25) is 0 Å². The zero-order chi connectivity index (χ0) is 21.8. The quantitative estimate of drug-likeness (QED) is 0.212. The van der Waals surface area contributed by atoms with Crippen LogP contribution in [-0.2, 0) is 4.74 Å². The highest BCUT2D eigenvalue weighted by atomic mass is 16.6. The molecule has 0 saturated heterocycles. The first-order valence-corrected chi connectivity index (χ1v) is 8.91. The van der Waals surface area contributed by atoms with Crippen LogP contribution in [0, 0.1) is 10.1 Å². The largest absolute Gasteiger partial charge is 0.493 e. The molecule has 0 aliphatic carbocycles. The van der Waals surface area contributed by atoms with Crippen molar-refractivity contribution < 1.29 is 33.5 Å². The van der Waals surface area contributed by atoms with Gasteiger partial charge in [-0.2, -0.15) is 0 Å². The van der Waals surface area contributed by atoms with Crippen molar-refractivity contribution >= 4 is 23.5 Å². The van der Waals surface area contributed by atoms with E-state index >= 15 is 0 Å². The Hall–Kier alpha value is -3.95. The number of hydrogen-bond acceptors (Lipinski definition) is 8. The number of ether oxygens (including phenoxy) is 3. The highest BCUT2D eigenvalue weighted by Gasteiger charge is 2.34. The minimum absolute atomic E-state index is 0.0649. The Labute approximate surface area is 171 Å². The Morgan fingerprint density at radius 1 is 1.07 bits per heavy atom. The van der Waals surface area contributed by atoms with E-state index in [9.17, 15) is 24.5 Å². The first-order valence-electron chi connectivity index (χ1n) is 8.91. The Kier molecular flexibility index (Phi) is 5.95. The van der Waals surface area contributed by atoms with Crippen molar-refractivity contribution in [3.05, 3.63) is 63.2 Å². The van der Waals surface area contributed by atoms with E-state index in [-0.39, 0.29) is 42.0 Å². The Morgan fingerprint density at radius 3 is 2.23 bits per heavy atom. The number of carbonyl (C=O) groups is 3. The van der Waals surface area contributed by atoms with Gasteiger partial charge in [0, 0.05) is 12.6 Å². The summed E-state index contributed by atoms with van der Waals surface area (Å²) in [5.74, 6) is -1.45. The lowest BCUT2D eigenvalue weighted by atomic mass is 10.1. The summed E-state index contributed by atoms with van der Waals surface area (Å²) < 4.78 is 15.3. The molecule has 0 atom stereocenters. The number of carbonyl (C=O) groups excluding carboxylic acids is 3. The van der Waals surface area contributed by atoms with Gasteiger partial charge in [0.15, 0.2) is 11.5 Å². The molecule has 1 aliphatic rings. The molecule has 0 fully saturated rings. The summed E-state index contributed by atoms with van der Waals surface area (Å²) in [6.45, 7) is 0.202. The van der Waals surface area contributed by atoms with Crippen LogP contribution in [-0.4, -0.2) is 55.0 Å². The summed E-state index contributed by atoms with van der Waals surface area (Å²) in [7, 11) is 2.42. The van der Waals surface area contributed by atoms with Gasteiger partial charge in [-0.1, -0.05) is 12.1 Å². The number of esters is 1. The van der Waals surface area contributed by atoms with E-state index in [0.29, 0.717) is 17.5 Å². The number of methoxy groups -OCH3 is 2. The fourth-order valence-electron chi connectivity index (χ4n) is 3.09. The molecular formula is C20H18N2O8. The number of nitrogens with zero attached hydrogens (tertiary/aromatic N) is 2. The van der Waals surface area contributed by atoms with Gasteiger partial charge < -0.3 is 14.2 Å². The number of imide groups is 1. The van der Waals surface area contributed by atoms with Crippen LogP contribution in [0.5, 0.6) is 11.5 Å². The van der Waals surface area contributed by atoms with Crippen molar-refractivity contribution in [2.75, 3.05) is 27.4 Å². The van der Waals surface area contributed by atoms with Crippen molar-refractivity contribution in [3.63, 3.8) is 0 Å². The molecule has 30 heavy (non-hydrogen) atoms. The highest BCUT2D eigenvalue weighted by Crippen LogP contribution is 2.35. The fraction of sp³-hybridized carbons (Fsp3) is 0.250. The first kappa shape index (κ1) is 20.8. The number of hydrogen-bond donors (Lipinski definition) is 0. The molecule has 10 nitrogen and oxygen atoms in total. The standard InChI is InChI=1S/C20H18N2O8/c1-28-16-11-15(22(26)27)14(20(25)29-2)10-17(16)30-9-5-8-21-18(23)12-6-3-4-7-13(12)19(21)24/h3-4,6-7,10-11H,5,8-9H2,1-2H3.